The summed E-state index contributed by atoms with van der Waals surface area (Å²) in [5.74, 6) is 0.480. The van der Waals surface area contributed by atoms with Crippen LogP contribution in [-0.4, -0.2) is 31.3 Å². The van der Waals surface area contributed by atoms with Crippen LogP contribution in [0.2, 0.25) is 25.7 Å². The van der Waals surface area contributed by atoms with Crippen LogP contribution in [0.5, 0.6) is 5.75 Å². The average molecular weight is 501 g/mol. The van der Waals surface area contributed by atoms with Crippen LogP contribution < -0.4 is 4.74 Å². The molecule has 3 rings (SSSR count). The largest absolute Gasteiger partial charge is 0.496 e. The number of halogens is 4. The Morgan fingerprint density at radius 2 is 1.83 bits per heavy atom. The molecule has 2 aromatic heterocycles. The third-order valence-corrected chi connectivity index (χ3v) is 7.31. The molecule has 3 aromatic rings. The van der Waals surface area contributed by atoms with Crippen LogP contribution in [0.4, 0.5) is 13.2 Å². The van der Waals surface area contributed by atoms with E-state index in [1.165, 1.54) is 13.3 Å². The fourth-order valence-electron chi connectivity index (χ4n) is 3.22. The van der Waals surface area contributed by atoms with E-state index in [2.05, 4.69) is 40.6 Å². The Kier molecular flexibility index (Phi) is 6.64. The molecule has 0 N–H and O–H groups in total. The van der Waals surface area contributed by atoms with E-state index in [0.717, 1.165) is 12.1 Å². The summed E-state index contributed by atoms with van der Waals surface area (Å²) in [7, 11) is 0.211. The van der Waals surface area contributed by atoms with E-state index in [0.29, 0.717) is 28.1 Å². The van der Waals surface area contributed by atoms with E-state index in [-0.39, 0.29) is 17.8 Å². The van der Waals surface area contributed by atoms with E-state index in [1.807, 2.05) is 0 Å². The minimum Gasteiger partial charge on any atom is -0.496 e. The number of nitrogens with zero attached hydrogens (tertiary/aromatic N) is 2. The molecule has 0 saturated carbocycles. The van der Waals surface area contributed by atoms with E-state index >= 15 is 0 Å². The first-order valence-corrected chi connectivity index (χ1v) is 14.0. The number of para-hydroxylation sites is 1. The maximum atomic E-state index is 13.9. The molecule has 0 atom stereocenters. The maximum Gasteiger partial charge on any atom is 0.417 e. The van der Waals surface area contributed by atoms with Crippen LogP contribution in [0.15, 0.2) is 41.1 Å². The molecule has 1 aromatic carbocycles. The van der Waals surface area contributed by atoms with Crippen LogP contribution in [0, 0.1) is 0 Å². The summed E-state index contributed by atoms with van der Waals surface area (Å²) in [6, 6.07) is 8.97. The first-order valence-electron chi connectivity index (χ1n) is 9.49. The van der Waals surface area contributed by atoms with Crippen molar-refractivity contribution in [3.05, 3.63) is 46.7 Å². The number of hydrogen-bond donors (Lipinski definition) is 0. The minimum absolute atomic E-state index is 0.0233. The molecule has 0 fully saturated rings. The molecule has 30 heavy (non-hydrogen) atoms. The summed E-state index contributed by atoms with van der Waals surface area (Å²) in [4.78, 5) is 4.27. The molecule has 0 amide bonds. The van der Waals surface area contributed by atoms with Gasteiger partial charge in [-0.3, -0.25) is 4.57 Å². The number of benzene rings is 1. The number of aromatic nitrogens is 2. The number of ether oxygens (including phenoxy) is 2. The van der Waals surface area contributed by atoms with Crippen molar-refractivity contribution in [1.29, 1.82) is 0 Å². The predicted molar refractivity (Wildman–Crippen MR) is 119 cm³/mol. The van der Waals surface area contributed by atoms with Crippen LogP contribution in [0.3, 0.4) is 0 Å². The second-order valence-electron chi connectivity index (χ2n) is 8.20. The lowest BCUT2D eigenvalue weighted by Crippen LogP contribution is -2.22. The van der Waals surface area contributed by atoms with Gasteiger partial charge >= 0.3 is 6.18 Å². The highest BCUT2D eigenvalue weighted by Gasteiger charge is 2.36. The van der Waals surface area contributed by atoms with Crippen molar-refractivity contribution in [2.45, 2.75) is 38.6 Å². The quantitative estimate of drug-likeness (QED) is 0.264. The molecule has 2 heterocycles. The van der Waals surface area contributed by atoms with Gasteiger partial charge in [0.15, 0.2) is 0 Å². The van der Waals surface area contributed by atoms with Gasteiger partial charge in [0, 0.05) is 37.4 Å². The molecule has 0 radical (unpaired) electrons. The summed E-state index contributed by atoms with van der Waals surface area (Å²) in [5.41, 5.74) is 0.411. The van der Waals surface area contributed by atoms with Crippen molar-refractivity contribution in [2.24, 2.45) is 0 Å². The highest BCUT2D eigenvalue weighted by Crippen LogP contribution is 2.46. The van der Waals surface area contributed by atoms with Gasteiger partial charge in [0.2, 0.25) is 0 Å². The fourth-order valence-corrected chi connectivity index (χ4v) is 4.66. The molecule has 0 aliphatic heterocycles. The molecule has 0 aliphatic carbocycles. The first-order chi connectivity index (χ1) is 14.0. The molecule has 0 unspecified atom stereocenters. The van der Waals surface area contributed by atoms with Crippen LogP contribution in [-0.2, 0) is 17.6 Å². The number of rotatable bonds is 7. The Morgan fingerprint density at radius 3 is 2.47 bits per heavy atom. The topological polar surface area (TPSA) is 36.3 Å². The number of methoxy groups -OCH3 is 1. The van der Waals surface area contributed by atoms with Crippen molar-refractivity contribution in [1.82, 2.24) is 9.55 Å². The summed E-state index contributed by atoms with van der Waals surface area (Å²) in [6.45, 7) is 7.38. The van der Waals surface area contributed by atoms with Gasteiger partial charge in [-0.25, -0.2) is 4.98 Å². The number of hydrogen-bond acceptors (Lipinski definition) is 3. The van der Waals surface area contributed by atoms with E-state index in [9.17, 15) is 13.2 Å². The highest BCUT2D eigenvalue weighted by atomic mass is 79.9. The summed E-state index contributed by atoms with van der Waals surface area (Å²) in [6.07, 6.45) is -3.34. The Labute approximate surface area is 183 Å². The lowest BCUT2D eigenvalue weighted by atomic mass is 10.0. The number of fused-ring (bicyclic) bond motifs is 1. The van der Waals surface area contributed by atoms with E-state index in [4.69, 9.17) is 9.47 Å². The van der Waals surface area contributed by atoms with Crippen LogP contribution in [0.1, 0.15) is 5.56 Å². The molecule has 0 aliphatic rings. The van der Waals surface area contributed by atoms with Gasteiger partial charge in [0.25, 0.3) is 0 Å². The first kappa shape index (κ1) is 22.8. The van der Waals surface area contributed by atoms with Crippen molar-refractivity contribution in [3.63, 3.8) is 0 Å². The van der Waals surface area contributed by atoms with Gasteiger partial charge in [-0.2, -0.15) is 13.2 Å². The Balaban J connectivity index is 2.18. The smallest absolute Gasteiger partial charge is 0.417 e. The Morgan fingerprint density at radius 1 is 1.13 bits per heavy atom. The minimum atomic E-state index is -4.53. The van der Waals surface area contributed by atoms with Crippen molar-refractivity contribution in [2.75, 3.05) is 13.7 Å². The van der Waals surface area contributed by atoms with Crippen molar-refractivity contribution >= 4 is 35.0 Å². The molecule has 4 nitrogen and oxygen atoms in total. The molecule has 162 valence electrons. The molecular weight excluding hydrogens is 477 g/mol. The molecule has 0 bridgehead atoms. The molecule has 9 heteroatoms. The second kappa shape index (κ2) is 8.72. The fraction of sp³-hybridized carbons (Fsp3) is 0.381. The van der Waals surface area contributed by atoms with Gasteiger partial charge in [0.05, 0.1) is 17.3 Å². The van der Waals surface area contributed by atoms with Crippen LogP contribution >= 0.6 is 15.9 Å². The van der Waals surface area contributed by atoms with Gasteiger partial charge in [-0.05, 0) is 34.1 Å². The summed E-state index contributed by atoms with van der Waals surface area (Å²) in [5, 5.41) is 0.0233. The average Bonchev–Trinajstić information content (AvgIpc) is 2.95. The Bertz CT molecular complexity index is 1050. The SMILES string of the molecule is COc1ccccc1-c1c(Br)n(COCC[Si](C)(C)C)c2nccc(C(F)(F)F)c12. The number of alkyl halides is 3. The van der Waals surface area contributed by atoms with Gasteiger partial charge in [-0.15, -0.1) is 0 Å². The van der Waals surface area contributed by atoms with Crippen molar-refractivity contribution in [3.8, 4) is 16.9 Å². The maximum absolute atomic E-state index is 13.9. The van der Waals surface area contributed by atoms with Gasteiger partial charge in [0.1, 0.15) is 18.1 Å². The summed E-state index contributed by atoms with van der Waals surface area (Å²) >= 11 is 3.52. The second-order valence-corrected chi connectivity index (χ2v) is 14.6. The zero-order chi connectivity index (χ0) is 22.1. The third kappa shape index (κ3) is 4.73. The highest BCUT2D eigenvalue weighted by molar-refractivity contribution is 9.10. The van der Waals surface area contributed by atoms with Gasteiger partial charge < -0.3 is 9.47 Å². The van der Waals surface area contributed by atoms with Crippen LogP contribution in [0.25, 0.3) is 22.2 Å². The Hall–Kier alpha value is -1.84. The molecule has 0 saturated heterocycles. The van der Waals surface area contributed by atoms with E-state index in [1.54, 1.807) is 28.8 Å². The summed E-state index contributed by atoms with van der Waals surface area (Å²) < 4.78 is 54.9. The lowest BCUT2D eigenvalue weighted by Gasteiger charge is -2.16. The molecular formula is C21H24BrF3N2O2Si. The zero-order valence-electron chi connectivity index (χ0n) is 17.3. The van der Waals surface area contributed by atoms with E-state index < -0.39 is 19.8 Å². The number of pyridine rings is 1. The predicted octanol–water partition coefficient (Wildman–Crippen LogP) is 6.81. The normalized spacial score (nSPS) is 12.5. The monoisotopic (exact) mass is 500 g/mol. The zero-order valence-corrected chi connectivity index (χ0v) is 19.9. The third-order valence-electron chi connectivity index (χ3n) is 4.78. The lowest BCUT2D eigenvalue weighted by molar-refractivity contribution is -0.136. The van der Waals surface area contributed by atoms with Gasteiger partial charge in [-0.1, -0.05) is 37.8 Å². The molecule has 0 spiro atoms. The standard InChI is InChI=1S/C21H24BrF3N2O2Si/c1-28-16-8-6-5-7-14(16)17-18-15(21(23,24)25)9-10-26-20(18)27(19(17)22)13-29-11-12-30(2,3)4/h5-10H,11-13H2,1-4H3. The van der Waals surface area contributed by atoms with Crippen molar-refractivity contribution < 1.29 is 22.6 Å².